The van der Waals surface area contributed by atoms with E-state index in [0.29, 0.717) is 12.8 Å². The number of piperidine rings is 1. The molecule has 2 amide bonds. The van der Waals surface area contributed by atoms with E-state index in [2.05, 4.69) is 15.7 Å². The zero-order chi connectivity index (χ0) is 19.4. The SMILES string of the molecule is Cc1cccc(C)c1NC(=O)CN(C)C(=O)C1(n2cccn2)CCNCC1. The van der Waals surface area contributed by atoms with E-state index in [1.165, 1.54) is 4.90 Å². The number of benzene rings is 1. The second kappa shape index (κ2) is 7.92. The second-order valence-electron chi connectivity index (χ2n) is 7.21. The van der Waals surface area contributed by atoms with E-state index < -0.39 is 5.54 Å². The van der Waals surface area contributed by atoms with Gasteiger partial charge in [-0.05, 0) is 57.0 Å². The number of anilines is 1. The van der Waals surface area contributed by atoms with Crippen LogP contribution in [0.25, 0.3) is 0 Å². The zero-order valence-corrected chi connectivity index (χ0v) is 16.2. The first kappa shape index (κ1) is 19.1. The Morgan fingerprint density at radius 3 is 2.48 bits per heavy atom. The fourth-order valence-electron chi connectivity index (χ4n) is 3.74. The van der Waals surface area contributed by atoms with Crippen LogP contribution in [0.5, 0.6) is 0 Å². The molecule has 2 aromatic rings. The first-order valence-corrected chi connectivity index (χ1v) is 9.26. The third kappa shape index (κ3) is 3.88. The van der Waals surface area contributed by atoms with Crippen molar-refractivity contribution in [2.45, 2.75) is 32.2 Å². The van der Waals surface area contributed by atoms with Gasteiger partial charge in [-0.15, -0.1) is 0 Å². The number of hydrogen-bond acceptors (Lipinski definition) is 4. The molecular weight excluding hydrogens is 342 g/mol. The van der Waals surface area contributed by atoms with Gasteiger partial charge in [-0.3, -0.25) is 14.3 Å². The van der Waals surface area contributed by atoms with Crippen LogP contribution in [-0.2, 0) is 15.1 Å². The molecule has 1 aromatic heterocycles. The van der Waals surface area contributed by atoms with Gasteiger partial charge < -0.3 is 15.5 Å². The molecule has 2 N–H and O–H groups in total. The third-order valence-electron chi connectivity index (χ3n) is 5.24. The van der Waals surface area contributed by atoms with Gasteiger partial charge in [0.1, 0.15) is 5.54 Å². The first-order valence-electron chi connectivity index (χ1n) is 9.26. The molecule has 0 spiro atoms. The number of hydrogen-bond donors (Lipinski definition) is 2. The van der Waals surface area contributed by atoms with E-state index in [1.54, 1.807) is 17.9 Å². The van der Waals surface area contributed by atoms with E-state index in [9.17, 15) is 9.59 Å². The van der Waals surface area contributed by atoms with E-state index in [1.807, 2.05) is 44.3 Å². The number of amides is 2. The number of likely N-dealkylation sites (N-methyl/N-ethyl adjacent to an activating group) is 1. The molecule has 3 rings (SSSR count). The number of carbonyl (C=O) groups is 2. The van der Waals surface area contributed by atoms with E-state index >= 15 is 0 Å². The number of aromatic nitrogens is 2. The molecule has 0 bridgehead atoms. The van der Waals surface area contributed by atoms with Gasteiger partial charge in [0.15, 0.2) is 0 Å². The van der Waals surface area contributed by atoms with Crippen molar-refractivity contribution in [2.24, 2.45) is 0 Å². The Labute approximate surface area is 159 Å². The molecule has 2 heterocycles. The van der Waals surface area contributed by atoms with Gasteiger partial charge in [-0.1, -0.05) is 18.2 Å². The highest BCUT2D eigenvalue weighted by Crippen LogP contribution is 2.29. The van der Waals surface area contributed by atoms with Crippen LogP contribution in [0, 0.1) is 13.8 Å². The van der Waals surface area contributed by atoms with Crippen LogP contribution < -0.4 is 10.6 Å². The van der Waals surface area contributed by atoms with E-state index in [4.69, 9.17) is 0 Å². The van der Waals surface area contributed by atoms with Crippen LogP contribution in [0.4, 0.5) is 5.69 Å². The highest BCUT2D eigenvalue weighted by Gasteiger charge is 2.43. The van der Waals surface area contributed by atoms with Gasteiger partial charge in [0.25, 0.3) is 5.91 Å². The Hall–Kier alpha value is -2.67. The molecule has 144 valence electrons. The summed E-state index contributed by atoms with van der Waals surface area (Å²) in [5.41, 5.74) is 2.09. The van der Waals surface area contributed by atoms with Gasteiger partial charge in [0.2, 0.25) is 5.91 Å². The molecule has 7 nitrogen and oxygen atoms in total. The number of rotatable bonds is 5. The Kier molecular flexibility index (Phi) is 5.60. The van der Waals surface area contributed by atoms with Gasteiger partial charge >= 0.3 is 0 Å². The number of aryl methyl sites for hydroxylation is 2. The zero-order valence-electron chi connectivity index (χ0n) is 16.2. The lowest BCUT2D eigenvalue weighted by Crippen LogP contribution is -2.55. The Morgan fingerprint density at radius 1 is 1.22 bits per heavy atom. The average Bonchev–Trinajstić information content (AvgIpc) is 3.20. The molecule has 1 aliphatic heterocycles. The number of nitrogens with zero attached hydrogens (tertiary/aromatic N) is 3. The molecule has 0 radical (unpaired) electrons. The summed E-state index contributed by atoms with van der Waals surface area (Å²) in [5.74, 6) is -0.280. The van der Waals surface area contributed by atoms with Crippen molar-refractivity contribution < 1.29 is 9.59 Å². The first-order chi connectivity index (χ1) is 12.9. The van der Waals surface area contributed by atoms with E-state index in [0.717, 1.165) is 29.9 Å². The van der Waals surface area contributed by atoms with Gasteiger partial charge in [-0.25, -0.2) is 0 Å². The van der Waals surface area contributed by atoms with Crippen LogP contribution >= 0.6 is 0 Å². The van der Waals surface area contributed by atoms with Crippen molar-refractivity contribution in [1.29, 1.82) is 0 Å². The van der Waals surface area contributed by atoms with Crippen molar-refractivity contribution in [3.05, 3.63) is 47.8 Å². The number of para-hydroxylation sites is 1. The quantitative estimate of drug-likeness (QED) is 0.840. The highest BCUT2D eigenvalue weighted by atomic mass is 16.2. The summed E-state index contributed by atoms with van der Waals surface area (Å²) >= 11 is 0. The molecule has 1 aliphatic rings. The summed E-state index contributed by atoms with van der Waals surface area (Å²) in [5, 5.41) is 10.6. The molecule has 27 heavy (non-hydrogen) atoms. The van der Waals surface area contributed by atoms with Crippen molar-refractivity contribution in [3.8, 4) is 0 Å². The van der Waals surface area contributed by atoms with Crippen molar-refractivity contribution in [3.63, 3.8) is 0 Å². The Bertz CT molecular complexity index is 790. The summed E-state index contributed by atoms with van der Waals surface area (Å²) in [4.78, 5) is 27.4. The maximum absolute atomic E-state index is 13.3. The molecule has 1 saturated heterocycles. The second-order valence-corrected chi connectivity index (χ2v) is 7.21. The minimum Gasteiger partial charge on any atom is -0.334 e. The molecule has 1 aromatic carbocycles. The largest absolute Gasteiger partial charge is 0.334 e. The topological polar surface area (TPSA) is 79.3 Å². The normalized spacial score (nSPS) is 16.0. The highest BCUT2D eigenvalue weighted by molar-refractivity contribution is 5.96. The fourth-order valence-corrected chi connectivity index (χ4v) is 3.74. The van der Waals surface area contributed by atoms with Crippen LogP contribution in [0.3, 0.4) is 0 Å². The molecular formula is C20H27N5O2. The third-order valence-corrected chi connectivity index (χ3v) is 5.24. The lowest BCUT2D eigenvalue weighted by Gasteiger charge is -2.39. The van der Waals surface area contributed by atoms with E-state index in [-0.39, 0.29) is 18.4 Å². The lowest BCUT2D eigenvalue weighted by molar-refractivity contribution is -0.143. The van der Waals surface area contributed by atoms with Crippen LogP contribution in [0.15, 0.2) is 36.7 Å². The van der Waals surface area contributed by atoms with Gasteiger partial charge in [0.05, 0.1) is 6.54 Å². The summed E-state index contributed by atoms with van der Waals surface area (Å²) in [6.07, 6.45) is 4.81. The molecule has 1 fully saturated rings. The fraction of sp³-hybridized carbons (Fsp3) is 0.450. The van der Waals surface area contributed by atoms with Crippen LogP contribution in [0.2, 0.25) is 0 Å². The summed E-state index contributed by atoms with van der Waals surface area (Å²) in [7, 11) is 1.68. The molecule has 0 unspecified atom stereocenters. The minimum absolute atomic E-state index is 0.00303. The predicted molar refractivity (Wildman–Crippen MR) is 104 cm³/mol. The number of carbonyl (C=O) groups excluding carboxylic acids is 2. The average molecular weight is 369 g/mol. The summed E-state index contributed by atoms with van der Waals surface area (Å²) < 4.78 is 1.75. The molecule has 0 aliphatic carbocycles. The van der Waals surface area contributed by atoms with Crippen molar-refractivity contribution >= 4 is 17.5 Å². The monoisotopic (exact) mass is 369 g/mol. The van der Waals surface area contributed by atoms with Gasteiger partial charge in [0, 0.05) is 25.1 Å². The molecule has 7 heteroatoms. The maximum atomic E-state index is 13.3. The summed E-state index contributed by atoms with van der Waals surface area (Å²) in [6, 6.07) is 7.70. The summed E-state index contributed by atoms with van der Waals surface area (Å²) in [6.45, 7) is 5.41. The van der Waals surface area contributed by atoms with Crippen molar-refractivity contribution in [1.82, 2.24) is 20.0 Å². The molecule has 0 saturated carbocycles. The van der Waals surface area contributed by atoms with Crippen molar-refractivity contribution in [2.75, 3.05) is 32.0 Å². The van der Waals surface area contributed by atoms with Crippen LogP contribution in [0.1, 0.15) is 24.0 Å². The Morgan fingerprint density at radius 2 is 1.89 bits per heavy atom. The van der Waals surface area contributed by atoms with Gasteiger partial charge in [-0.2, -0.15) is 5.10 Å². The number of nitrogens with one attached hydrogen (secondary N) is 2. The molecule has 0 atom stereocenters. The minimum atomic E-state index is -0.734. The smallest absolute Gasteiger partial charge is 0.250 e. The maximum Gasteiger partial charge on any atom is 0.250 e. The standard InChI is InChI=1S/C20H27N5O2/c1-15-6-4-7-16(2)18(15)23-17(26)14-24(3)19(27)20(8-11-21-12-9-20)25-13-5-10-22-25/h4-7,10,13,21H,8-9,11-12,14H2,1-3H3,(H,23,26). The lowest BCUT2D eigenvalue weighted by atomic mass is 9.87. The van der Waals surface area contributed by atoms with Crippen LogP contribution in [-0.4, -0.2) is 53.2 Å². The predicted octanol–water partition coefficient (Wildman–Crippen LogP) is 1.68. The Balaban J connectivity index is 1.73.